The van der Waals surface area contributed by atoms with Crippen LogP contribution in [0.15, 0.2) is 42.1 Å². The molecule has 0 bridgehead atoms. The van der Waals surface area contributed by atoms with Gasteiger partial charge in [-0.15, -0.1) is 0 Å². The average molecular weight is 433 g/mol. The molecule has 3 heteroatoms. The van der Waals surface area contributed by atoms with Gasteiger partial charge in [0.1, 0.15) is 0 Å². The van der Waals surface area contributed by atoms with Crippen LogP contribution >= 0.6 is 0 Å². The normalized spacial score (nSPS) is 17.4. The molecule has 2 rings (SSSR count). The van der Waals surface area contributed by atoms with E-state index in [1.54, 1.807) is 11.1 Å². The van der Waals surface area contributed by atoms with E-state index < -0.39 is 22.9 Å². The van der Waals surface area contributed by atoms with Crippen LogP contribution in [0.1, 0.15) is 40.5 Å². The second kappa shape index (κ2) is 8.08. The van der Waals surface area contributed by atoms with E-state index in [9.17, 15) is 0 Å². The number of hydrogen-bond donors (Lipinski definition) is 0. The molecule has 0 saturated heterocycles. The Kier molecular flexibility index (Phi) is 7.95. The zero-order valence-corrected chi connectivity index (χ0v) is 15.8. The quantitative estimate of drug-likeness (QED) is 0.541. The van der Waals surface area contributed by atoms with E-state index >= 15 is 0 Å². The van der Waals surface area contributed by atoms with Gasteiger partial charge in [-0.2, -0.15) is 0 Å². The zero-order chi connectivity index (χ0) is 12.4. The van der Waals surface area contributed by atoms with Gasteiger partial charge in [0.05, 0.1) is 0 Å². The minimum atomic E-state index is -0.733. The van der Waals surface area contributed by atoms with Gasteiger partial charge in [0.2, 0.25) is 0 Å². The van der Waals surface area contributed by atoms with Gasteiger partial charge in [0.25, 0.3) is 0 Å². The first-order valence-electron chi connectivity index (χ1n) is 6.65. The van der Waals surface area contributed by atoms with E-state index in [0.717, 1.165) is 0 Å². The van der Waals surface area contributed by atoms with Crippen LogP contribution in [0.25, 0.3) is 0 Å². The molecule has 0 amide bonds. The number of hydrogen-bond acceptors (Lipinski definition) is 0. The van der Waals surface area contributed by atoms with Gasteiger partial charge in [-0.25, -0.2) is 0 Å². The van der Waals surface area contributed by atoms with Crippen molar-refractivity contribution in [3.05, 3.63) is 42.1 Å². The van der Waals surface area contributed by atoms with Crippen molar-refractivity contribution in [1.29, 1.82) is 0 Å². The summed E-state index contributed by atoms with van der Waals surface area (Å²) in [7, 11) is 0. The predicted octanol–water partition coefficient (Wildman–Crippen LogP) is 5.11. The topological polar surface area (TPSA) is 0 Å². The van der Waals surface area contributed by atoms with E-state index in [2.05, 4.69) is 52.0 Å². The van der Waals surface area contributed by atoms with Crippen LogP contribution in [0.4, 0.5) is 9.41 Å². The summed E-state index contributed by atoms with van der Waals surface area (Å²) >= 11 is -0.733. The molecule has 0 aromatic heterocycles. The molecular formula is C16H24F2Hf. The van der Waals surface area contributed by atoms with Crippen LogP contribution in [0, 0.1) is 11.8 Å². The van der Waals surface area contributed by atoms with Crippen LogP contribution in [0.2, 0.25) is 0 Å². The van der Waals surface area contributed by atoms with E-state index in [1.165, 1.54) is 12.8 Å². The van der Waals surface area contributed by atoms with Crippen LogP contribution in [0.3, 0.4) is 0 Å². The second-order valence-corrected chi connectivity index (χ2v) is 10.8. The molecule has 0 heterocycles. The summed E-state index contributed by atoms with van der Waals surface area (Å²) in [6, 6.07) is 0. The van der Waals surface area contributed by atoms with E-state index in [4.69, 9.17) is 0 Å². The van der Waals surface area contributed by atoms with Crippen LogP contribution < -0.4 is 0 Å². The summed E-state index contributed by atoms with van der Waals surface area (Å²) < 4.78 is 3.69. The third-order valence-corrected chi connectivity index (χ3v) is 9.19. The molecular weight excluding hydrogens is 409 g/mol. The Bertz CT molecular complexity index is 386. The zero-order valence-electron chi connectivity index (χ0n) is 12.2. The summed E-state index contributed by atoms with van der Waals surface area (Å²) in [4.78, 5) is 0. The van der Waals surface area contributed by atoms with Gasteiger partial charge in [0.15, 0.2) is 0 Å². The second-order valence-electron chi connectivity index (χ2n) is 5.52. The first kappa shape index (κ1) is 18.7. The summed E-state index contributed by atoms with van der Waals surface area (Å²) in [5.74, 6) is 1.43. The standard InChI is InChI=1S/2C8H11.2FH.Hf/c2*1-7(2)8-5-3-4-6-8;;;/h2*3,5,7H,4H2,1-2H3;2*1H;. The van der Waals surface area contributed by atoms with Crippen LogP contribution in [-0.2, 0) is 22.9 Å². The first-order valence-corrected chi connectivity index (χ1v) is 10.2. The summed E-state index contributed by atoms with van der Waals surface area (Å²) in [5.41, 5.74) is 3.33. The minimum Gasteiger partial charge on any atom is -0.269 e. The molecule has 0 spiro atoms. The molecule has 0 aromatic carbocycles. The molecule has 0 aliphatic heterocycles. The third-order valence-electron chi connectivity index (χ3n) is 3.48. The maximum atomic E-state index is 2.38. The van der Waals surface area contributed by atoms with Gasteiger partial charge < -0.3 is 0 Å². The number of allylic oxidation sites excluding steroid dienone is 8. The number of rotatable bonds is 4. The molecule has 0 radical (unpaired) electrons. The van der Waals surface area contributed by atoms with Crippen molar-refractivity contribution < 1.29 is 32.3 Å². The van der Waals surface area contributed by atoms with Gasteiger partial charge >= 0.3 is 117 Å². The summed E-state index contributed by atoms with van der Waals surface area (Å²) in [5, 5.41) is 0. The van der Waals surface area contributed by atoms with Crippen molar-refractivity contribution in [3.8, 4) is 0 Å². The van der Waals surface area contributed by atoms with Crippen LogP contribution in [0.5, 0.6) is 0 Å². The Hall–Kier alpha value is -0.310. The van der Waals surface area contributed by atoms with Crippen LogP contribution in [-0.4, -0.2) is 0 Å². The Morgan fingerprint density at radius 3 is 1.47 bits per heavy atom. The Morgan fingerprint density at radius 2 is 1.16 bits per heavy atom. The van der Waals surface area contributed by atoms with Crippen molar-refractivity contribution in [3.63, 3.8) is 0 Å². The fourth-order valence-electron chi connectivity index (χ4n) is 2.55. The molecule has 2 aliphatic carbocycles. The molecule has 0 nitrogen and oxygen atoms in total. The van der Waals surface area contributed by atoms with Crippen molar-refractivity contribution in [2.45, 2.75) is 40.5 Å². The smallest absolute Gasteiger partial charge is 0.269 e. The Balaban J connectivity index is 0.00000162. The minimum absolute atomic E-state index is 0. The van der Waals surface area contributed by atoms with Crippen molar-refractivity contribution in [2.75, 3.05) is 0 Å². The molecule has 106 valence electrons. The van der Waals surface area contributed by atoms with Gasteiger partial charge in [-0.05, 0) is 0 Å². The average Bonchev–Trinajstić information content (AvgIpc) is 2.86. The van der Waals surface area contributed by atoms with E-state index in [-0.39, 0.29) is 9.41 Å². The monoisotopic (exact) mass is 434 g/mol. The maximum Gasteiger partial charge on any atom is -0.269 e. The molecule has 0 N–H and O–H groups in total. The van der Waals surface area contributed by atoms with Gasteiger partial charge in [-0.1, -0.05) is 0 Å². The summed E-state index contributed by atoms with van der Waals surface area (Å²) in [6.45, 7) is 9.33. The fraction of sp³-hybridized carbons (Fsp3) is 0.500. The first-order chi connectivity index (χ1) is 8.09. The Morgan fingerprint density at radius 1 is 0.789 bits per heavy atom. The van der Waals surface area contributed by atoms with Crippen molar-refractivity contribution in [1.82, 2.24) is 0 Å². The van der Waals surface area contributed by atoms with Gasteiger partial charge in [0, 0.05) is 0 Å². The van der Waals surface area contributed by atoms with Crippen molar-refractivity contribution in [2.24, 2.45) is 11.8 Å². The molecule has 0 unspecified atom stereocenters. The third kappa shape index (κ3) is 4.34. The fourth-order valence-corrected chi connectivity index (χ4v) is 9.15. The SMILES string of the molecule is CC(C)C1=[C]([Hf][C]2=C(C(C)C)C=CC2)CC=C1.F.F. The molecule has 2 aliphatic rings. The molecule has 0 aromatic rings. The molecule has 19 heavy (non-hydrogen) atoms. The largest absolute Gasteiger partial charge is 0.269 e. The molecule has 0 fully saturated rings. The predicted molar refractivity (Wildman–Crippen MR) is 76.2 cm³/mol. The molecule has 0 atom stereocenters. The van der Waals surface area contributed by atoms with E-state index in [0.29, 0.717) is 11.8 Å². The molecule has 0 saturated carbocycles. The Labute approximate surface area is 126 Å². The summed E-state index contributed by atoms with van der Waals surface area (Å²) in [6.07, 6.45) is 12.0. The van der Waals surface area contributed by atoms with Crippen molar-refractivity contribution >= 4 is 0 Å². The maximum absolute atomic E-state index is 2.38. The number of halogens is 2. The van der Waals surface area contributed by atoms with Gasteiger partial charge in [-0.3, -0.25) is 9.41 Å². The van der Waals surface area contributed by atoms with E-state index in [1.807, 2.05) is 6.66 Å².